The minimum absolute atomic E-state index is 0.0254. The van der Waals surface area contributed by atoms with Gasteiger partial charge in [0.25, 0.3) is 5.91 Å². The van der Waals surface area contributed by atoms with Crippen LogP contribution in [0, 0.1) is 5.92 Å². The fraction of sp³-hybridized carbons (Fsp3) is 0.444. The Kier molecular flexibility index (Phi) is 4.48. The van der Waals surface area contributed by atoms with E-state index in [1.165, 1.54) is 11.3 Å². The van der Waals surface area contributed by atoms with Crippen molar-refractivity contribution in [3.05, 3.63) is 34.3 Å². The summed E-state index contributed by atoms with van der Waals surface area (Å²) in [5.41, 5.74) is 0.517. The Morgan fingerprint density at radius 2 is 2.12 bits per heavy atom. The maximum Gasteiger partial charge on any atom is 0.273 e. The van der Waals surface area contributed by atoms with Crippen LogP contribution in [0.25, 0.3) is 0 Å². The molecule has 1 aromatic heterocycles. The second-order valence-corrected chi connectivity index (χ2v) is 7.35. The number of piperidine rings is 1. The maximum atomic E-state index is 12.5. The summed E-state index contributed by atoms with van der Waals surface area (Å²) in [4.78, 5) is 18.9. The summed E-state index contributed by atoms with van der Waals surface area (Å²) in [6.07, 6.45) is 2.13. The van der Waals surface area contributed by atoms with E-state index in [4.69, 9.17) is 14.2 Å². The average molecular weight is 360 g/mol. The topological polar surface area (TPSA) is 60.9 Å². The molecule has 132 valence electrons. The molecule has 0 unspecified atom stereocenters. The molecule has 0 N–H and O–H groups in total. The summed E-state index contributed by atoms with van der Waals surface area (Å²) < 4.78 is 16.4. The molecule has 7 heteroatoms. The van der Waals surface area contributed by atoms with Crippen molar-refractivity contribution in [2.24, 2.45) is 5.92 Å². The van der Waals surface area contributed by atoms with Gasteiger partial charge in [0.1, 0.15) is 23.1 Å². The first kappa shape index (κ1) is 16.2. The summed E-state index contributed by atoms with van der Waals surface area (Å²) in [5.74, 6) is 2.83. The van der Waals surface area contributed by atoms with Gasteiger partial charge in [0.2, 0.25) is 6.79 Å². The Balaban J connectivity index is 1.36. The number of fused-ring (bicyclic) bond motifs is 1. The number of amides is 1. The van der Waals surface area contributed by atoms with Crippen LogP contribution < -0.4 is 14.2 Å². The van der Waals surface area contributed by atoms with Gasteiger partial charge in [-0.15, -0.1) is 11.3 Å². The van der Waals surface area contributed by atoms with Crippen LogP contribution in [0.1, 0.15) is 35.3 Å². The third-order valence-corrected chi connectivity index (χ3v) is 5.37. The SMILES string of the molecule is CC1CCN(C(=O)c2csc(COc3ccc4c(c3)OCO4)n2)CC1. The molecule has 2 aliphatic rings. The zero-order valence-electron chi connectivity index (χ0n) is 14.1. The van der Waals surface area contributed by atoms with Gasteiger partial charge in [0.15, 0.2) is 11.5 Å². The minimum Gasteiger partial charge on any atom is -0.486 e. The zero-order valence-corrected chi connectivity index (χ0v) is 14.9. The molecule has 0 atom stereocenters. The molecule has 0 bridgehead atoms. The standard InChI is InChI=1S/C18H20N2O4S/c1-12-4-6-20(7-5-12)18(21)14-10-25-17(19-14)9-22-13-2-3-15-16(8-13)24-11-23-15/h2-3,8,10,12H,4-7,9,11H2,1H3. The van der Waals surface area contributed by atoms with E-state index in [9.17, 15) is 4.79 Å². The zero-order chi connectivity index (χ0) is 17.2. The van der Waals surface area contributed by atoms with Crippen molar-refractivity contribution in [3.63, 3.8) is 0 Å². The van der Waals surface area contributed by atoms with E-state index in [1.54, 1.807) is 6.07 Å². The lowest BCUT2D eigenvalue weighted by Crippen LogP contribution is -2.38. The van der Waals surface area contributed by atoms with Crippen molar-refractivity contribution in [2.75, 3.05) is 19.9 Å². The van der Waals surface area contributed by atoms with Gasteiger partial charge in [-0.05, 0) is 30.9 Å². The van der Waals surface area contributed by atoms with Gasteiger partial charge >= 0.3 is 0 Å². The van der Waals surface area contributed by atoms with Gasteiger partial charge in [0, 0.05) is 24.5 Å². The van der Waals surface area contributed by atoms with Crippen molar-refractivity contribution in [1.82, 2.24) is 9.88 Å². The van der Waals surface area contributed by atoms with Crippen LogP contribution in [0.4, 0.5) is 0 Å². The highest BCUT2D eigenvalue weighted by molar-refractivity contribution is 7.09. The number of rotatable bonds is 4. The van der Waals surface area contributed by atoms with Crippen LogP contribution in [0.5, 0.6) is 17.2 Å². The third kappa shape index (κ3) is 3.56. The van der Waals surface area contributed by atoms with Crippen molar-refractivity contribution < 1.29 is 19.0 Å². The molecular weight excluding hydrogens is 340 g/mol. The number of nitrogens with zero attached hydrogens (tertiary/aromatic N) is 2. The first-order valence-corrected chi connectivity index (χ1v) is 9.33. The lowest BCUT2D eigenvalue weighted by Gasteiger charge is -2.29. The molecule has 0 aliphatic carbocycles. The molecule has 6 nitrogen and oxygen atoms in total. The van der Waals surface area contributed by atoms with E-state index in [1.807, 2.05) is 22.4 Å². The van der Waals surface area contributed by atoms with Gasteiger partial charge in [-0.3, -0.25) is 4.79 Å². The normalized spacial score (nSPS) is 16.9. The van der Waals surface area contributed by atoms with Gasteiger partial charge in [0.05, 0.1) is 0 Å². The quantitative estimate of drug-likeness (QED) is 0.837. The molecular formula is C18H20N2O4S. The van der Waals surface area contributed by atoms with Crippen LogP contribution in [-0.2, 0) is 6.61 Å². The van der Waals surface area contributed by atoms with E-state index in [-0.39, 0.29) is 12.7 Å². The number of benzene rings is 1. The molecule has 2 aromatic rings. The Morgan fingerprint density at radius 1 is 1.32 bits per heavy atom. The number of thiazole rings is 1. The number of aromatic nitrogens is 1. The lowest BCUT2D eigenvalue weighted by molar-refractivity contribution is 0.0691. The molecule has 1 fully saturated rings. The first-order chi connectivity index (χ1) is 12.2. The lowest BCUT2D eigenvalue weighted by atomic mass is 9.99. The van der Waals surface area contributed by atoms with Gasteiger partial charge in [-0.1, -0.05) is 6.92 Å². The molecule has 0 saturated carbocycles. The highest BCUT2D eigenvalue weighted by Crippen LogP contribution is 2.35. The van der Waals surface area contributed by atoms with Crippen molar-refractivity contribution >= 4 is 17.2 Å². The molecule has 1 saturated heterocycles. The van der Waals surface area contributed by atoms with Crippen molar-refractivity contribution in [2.45, 2.75) is 26.4 Å². The second kappa shape index (κ2) is 6.92. The summed E-state index contributed by atoms with van der Waals surface area (Å²) in [6.45, 7) is 4.44. The van der Waals surface area contributed by atoms with Crippen LogP contribution in [0.15, 0.2) is 23.6 Å². The molecule has 4 rings (SSSR count). The molecule has 25 heavy (non-hydrogen) atoms. The van der Waals surface area contributed by atoms with Crippen LogP contribution in [0.3, 0.4) is 0 Å². The Labute approximate surface area is 150 Å². The van der Waals surface area contributed by atoms with E-state index in [0.29, 0.717) is 29.7 Å². The largest absolute Gasteiger partial charge is 0.486 e. The van der Waals surface area contributed by atoms with E-state index >= 15 is 0 Å². The Morgan fingerprint density at radius 3 is 2.96 bits per heavy atom. The monoisotopic (exact) mass is 360 g/mol. The first-order valence-electron chi connectivity index (χ1n) is 8.45. The molecule has 3 heterocycles. The number of carbonyl (C=O) groups is 1. The van der Waals surface area contributed by atoms with Crippen molar-refractivity contribution in [1.29, 1.82) is 0 Å². The average Bonchev–Trinajstić information content (AvgIpc) is 3.29. The van der Waals surface area contributed by atoms with Crippen LogP contribution >= 0.6 is 11.3 Å². The van der Waals surface area contributed by atoms with E-state index in [2.05, 4.69) is 11.9 Å². The number of hydrogen-bond acceptors (Lipinski definition) is 6. The van der Waals surface area contributed by atoms with E-state index in [0.717, 1.165) is 36.7 Å². The van der Waals surface area contributed by atoms with Crippen LogP contribution in [0.2, 0.25) is 0 Å². The highest BCUT2D eigenvalue weighted by atomic mass is 32.1. The van der Waals surface area contributed by atoms with E-state index < -0.39 is 0 Å². The van der Waals surface area contributed by atoms with Crippen molar-refractivity contribution in [3.8, 4) is 17.2 Å². The van der Waals surface area contributed by atoms with Crippen LogP contribution in [-0.4, -0.2) is 35.7 Å². The molecule has 0 spiro atoms. The molecule has 1 amide bonds. The minimum atomic E-state index is 0.0254. The predicted molar refractivity (Wildman–Crippen MR) is 93.3 cm³/mol. The summed E-state index contributed by atoms with van der Waals surface area (Å²) >= 11 is 1.45. The summed E-state index contributed by atoms with van der Waals surface area (Å²) in [6, 6.07) is 5.46. The number of hydrogen-bond donors (Lipinski definition) is 0. The third-order valence-electron chi connectivity index (χ3n) is 4.55. The molecule has 1 aromatic carbocycles. The van der Waals surface area contributed by atoms with Gasteiger partial charge < -0.3 is 19.1 Å². The fourth-order valence-corrected chi connectivity index (χ4v) is 3.64. The Hall–Kier alpha value is -2.28. The maximum absolute atomic E-state index is 12.5. The van der Waals surface area contributed by atoms with Gasteiger partial charge in [-0.25, -0.2) is 4.98 Å². The number of ether oxygens (including phenoxy) is 3. The number of carbonyl (C=O) groups excluding carboxylic acids is 1. The molecule has 2 aliphatic heterocycles. The number of likely N-dealkylation sites (tertiary alicyclic amines) is 1. The second-order valence-electron chi connectivity index (χ2n) is 6.40. The molecule has 0 radical (unpaired) electrons. The Bertz CT molecular complexity index is 768. The predicted octanol–water partition coefficient (Wildman–Crippen LogP) is 3.32. The summed E-state index contributed by atoms with van der Waals surface area (Å²) in [5, 5.41) is 2.60. The summed E-state index contributed by atoms with van der Waals surface area (Å²) in [7, 11) is 0. The fourth-order valence-electron chi connectivity index (χ4n) is 2.96. The highest BCUT2D eigenvalue weighted by Gasteiger charge is 2.23. The van der Waals surface area contributed by atoms with Gasteiger partial charge in [-0.2, -0.15) is 0 Å². The smallest absolute Gasteiger partial charge is 0.273 e.